The maximum absolute atomic E-state index is 14.6. The topological polar surface area (TPSA) is 163 Å². The van der Waals surface area contributed by atoms with E-state index in [1.165, 1.54) is 16.3 Å². The van der Waals surface area contributed by atoms with E-state index in [-0.39, 0.29) is 110 Å². The highest BCUT2D eigenvalue weighted by Crippen LogP contribution is 2.42. The van der Waals surface area contributed by atoms with Crippen LogP contribution in [0.1, 0.15) is 96.0 Å². The number of aromatic nitrogens is 3. The van der Waals surface area contributed by atoms with Gasteiger partial charge in [0.15, 0.2) is 0 Å². The molecule has 0 saturated carbocycles. The summed E-state index contributed by atoms with van der Waals surface area (Å²) in [7, 11) is 3.38. The number of methoxy groups -OCH3 is 1. The number of nitrogens with one attached hydrogen (secondary N) is 3. The molecule has 7 heterocycles. The summed E-state index contributed by atoms with van der Waals surface area (Å²) in [6.07, 6.45) is 6.18. The number of likely N-dealkylation sites (tertiary alicyclic amines) is 1. The summed E-state index contributed by atoms with van der Waals surface area (Å²) in [4.78, 5) is 70.5. The number of likely N-dealkylation sites (N-methyl/N-ethyl adjacent to an activating group) is 1. The van der Waals surface area contributed by atoms with E-state index in [9.17, 15) is 19.2 Å². The number of hydrogen-bond donors (Lipinski definition) is 3. The van der Waals surface area contributed by atoms with Crippen molar-refractivity contribution in [3.63, 3.8) is 0 Å². The Balaban J connectivity index is 0.00000252. The third-order valence-corrected chi connectivity index (χ3v) is 14.7. The fraction of sp³-hybridized carbons (Fsp3) is 0.583. The Kier molecular flexibility index (Phi) is 21.8. The second-order valence-electron chi connectivity index (χ2n) is 19.3. The van der Waals surface area contributed by atoms with Gasteiger partial charge in [0.1, 0.15) is 18.1 Å². The second-order valence-corrected chi connectivity index (χ2v) is 20.2. The maximum atomic E-state index is 14.6. The van der Waals surface area contributed by atoms with Crippen LogP contribution < -0.4 is 16.1 Å². The Morgan fingerprint density at radius 3 is 2.46 bits per heavy atom. The zero-order chi connectivity index (χ0) is 45.5. The summed E-state index contributed by atoms with van der Waals surface area (Å²) in [6.45, 7) is 15.7. The molecule has 384 valence electrons. The lowest BCUT2D eigenvalue weighted by Crippen LogP contribution is -2.71. The van der Waals surface area contributed by atoms with Gasteiger partial charge < -0.3 is 34.5 Å². The van der Waals surface area contributed by atoms with Crippen LogP contribution in [0, 0.1) is 11.3 Å². The molecule has 21 heteroatoms. The molecule has 3 saturated heterocycles. The number of benzene rings is 1. The van der Waals surface area contributed by atoms with Gasteiger partial charge in [-0.25, -0.2) is 15.2 Å². The monoisotopic (exact) mass is 1070 g/mol. The highest BCUT2D eigenvalue weighted by Gasteiger charge is 2.50. The lowest BCUT2D eigenvalue weighted by Gasteiger charge is -2.56. The van der Waals surface area contributed by atoms with E-state index < -0.39 is 35.4 Å². The molecule has 15 nitrogen and oxygen atoms in total. The number of piperidine rings is 1. The van der Waals surface area contributed by atoms with Gasteiger partial charge in [0.25, 0.3) is 5.91 Å². The van der Waals surface area contributed by atoms with Crippen LogP contribution >= 0.6 is 78.8 Å². The Bertz CT molecular complexity index is 2410. The first-order valence-electron chi connectivity index (χ1n) is 23.0. The van der Waals surface area contributed by atoms with Crippen molar-refractivity contribution >= 4 is 114 Å². The molecule has 0 aliphatic carbocycles. The van der Waals surface area contributed by atoms with E-state index in [2.05, 4.69) is 65.7 Å². The second kappa shape index (κ2) is 25.0. The van der Waals surface area contributed by atoms with Crippen molar-refractivity contribution in [3.05, 3.63) is 58.2 Å². The summed E-state index contributed by atoms with van der Waals surface area (Å²) in [6, 6.07) is 7.68. The Hall–Kier alpha value is -3.15. The van der Waals surface area contributed by atoms with Gasteiger partial charge >= 0.3 is 12.0 Å². The zero-order valence-corrected chi connectivity index (χ0v) is 47.0. The molecule has 4 aromatic rings. The largest absolute Gasteiger partial charge is 0.464 e. The molecule has 0 radical (unpaired) electrons. The molecular weight excluding hydrogens is 991 g/mol. The number of fused-ring (bicyclic) bond motifs is 6. The van der Waals surface area contributed by atoms with Gasteiger partial charge in [-0.3, -0.25) is 24.4 Å². The summed E-state index contributed by atoms with van der Waals surface area (Å²) >= 11 is 1.44. The highest BCUT2D eigenvalue weighted by molar-refractivity contribution is 7.60. The van der Waals surface area contributed by atoms with Crippen LogP contribution in [-0.4, -0.2) is 124 Å². The number of carbonyl (C=O) groups excluding carboxylic acids is 4. The van der Waals surface area contributed by atoms with E-state index in [1.807, 2.05) is 37.1 Å². The minimum Gasteiger partial charge on any atom is -0.464 e. The SMILES string of the molecule is CCn1c(-c2cccnc2[C@H](C)OC)c2c3cc(ccc31)-c1csc(n1)C[C@H](NC(=O)[C@H](C(C)C)N(C)C(=O)N1CC[C@]13CCCNC3)C(=O)N1CCC[C@H](N1)C(=O)OCC(C)(C)C2.S.S.S.S.S. The predicted octanol–water partition coefficient (Wildman–Crippen LogP) is 6.67. The summed E-state index contributed by atoms with van der Waals surface area (Å²) in [5, 5.41) is 11.7. The van der Waals surface area contributed by atoms with E-state index in [0.29, 0.717) is 43.9 Å². The van der Waals surface area contributed by atoms with Crippen LogP contribution in [0.4, 0.5) is 4.79 Å². The number of amides is 4. The Labute approximate surface area is 446 Å². The number of pyridine rings is 1. The van der Waals surface area contributed by atoms with Crippen LogP contribution in [0.25, 0.3) is 33.4 Å². The van der Waals surface area contributed by atoms with Crippen molar-refractivity contribution in [1.82, 2.24) is 45.4 Å². The normalized spacial score (nSPS) is 21.9. The van der Waals surface area contributed by atoms with Gasteiger partial charge in [-0.1, -0.05) is 33.8 Å². The van der Waals surface area contributed by atoms with E-state index >= 15 is 0 Å². The van der Waals surface area contributed by atoms with E-state index in [1.54, 1.807) is 25.3 Å². The average molecular weight is 1070 g/mol. The predicted molar refractivity (Wildman–Crippen MR) is 299 cm³/mol. The lowest BCUT2D eigenvalue weighted by atomic mass is 9.78. The minimum atomic E-state index is -1.03. The molecule has 3 N–H and O–H groups in total. The number of nitrogens with zero attached hydrogens (tertiary/aromatic N) is 6. The quantitative estimate of drug-likeness (QED) is 0.163. The van der Waals surface area contributed by atoms with E-state index in [0.717, 1.165) is 77.0 Å². The third kappa shape index (κ3) is 12.2. The van der Waals surface area contributed by atoms with Crippen molar-refractivity contribution in [2.75, 3.05) is 46.9 Å². The van der Waals surface area contributed by atoms with Crippen molar-refractivity contribution in [3.8, 4) is 22.5 Å². The van der Waals surface area contributed by atoms with Crippen LogP contribution in [0.2, 0.25) is 0 Å². The Morgan fingerprint density at radius 2 is 1.81 bits per heavy atom. The molecule has 8 rings (SSSR count). The lowest BCUT2D eigenvalue weighted by molar-refractivity contribution is -0.155. The Morgan fingerprint density at radius 1 is 1.06 bits per heavy atom. The molecule has 1 spiro atoms. The van der Waals surface area contributed by atoms with Gasteiger partial charge in [-0.2, -0.15) is 67.5 Å². The number of carbonyl (C=O) groups is 4. The summed E-state index contributed by atoms with van der Waals surface area (Å²) in [5.74, 6) is -1.48. The number of esters is 1. The first-order valence-corrected chi connectivity index (χ1v) is 23.9. The standard InChI is InChI=1S/C48H65N9O6S.5H2S/c1-9-55-38-16-15-31-23-33(38)34(42(55)32-13-10-20-50-40(32)30(4)62-8)25-47(5,6)28-63-45(60)35-14-11-21-57(53-35)44(59)36(24-39-51-37(31)26-64-39)52-43(58)41(29(2)3)54(7)46(61)56-22-18-48(56)17-12-19-49-27-48;;;;;/h10,13,15-16,20,23,26,29-30,35-36,41,49,53H,9,11-12,14,17-19,21-22,24-25,27-28H2,1-8H3,(H,52,58);5*1H2/t30-,35-,36-,41-,48-;;;;;/m0...../s1. The van der Waals surface area contributed by atoms with Gasteiger partial charge in [0.2, 0.25) is 5.91 Å². The summed E-state index contributed by atoms with van der Waals surface area (Å²) < 4.78 is 14.3. The molecule has 4 amide bonds. The van der Waals surface area contributed by atoms with Gasteiger partial charge in [0.05, 0.1) is 40.3 Å². The molecule has 0 unspecified atom stereocenters. The molecule has 3 fully saturated rings. The molecule has 5 atom stereocenters. The van der Waals surface area contributed by atoms with Gasteiger partial charge in [-0.05, 0) is 94.7 Å². The first-order chi connectivity index (χ1) is 30.6. The summed E-state index contributed by atoms with van der Waals surface area (Å²) in [5.41, 5.74) is 9.20. The molecule has 1 aromatic carbocycles. The van der Waals surface area contributed by atoms with Gasteiger partial charge in [0, 0.05) is 85.8 Å². The smallest absolute Gasteiger partial charge is 0.324 e. The molecule has 4 aliphatic heterocycles. The van der Waals surface area contributed by atoms with E-state index in [4.69, 9.17) is 19.4 Å². The number of hydrogen-bond acceptors (Lipinski definition) is 11. The van der Waals surface area contributed by atoms with Crippen LogP contribution in [0.5, 0.6) is 0 Å². The number of thiazole rings is 1. The molecule has 69 heavy (non-hydrogen) atoms. The van der Waals surface area contributed by atoms with Crippen LogP contribution in [0.3, 0.4) is 0 Å². The first kappa shape index (κ1) is 60.2. The number of cyclic esters (lactones) is 1. The number of urea groups is 1. The maximum Gasteiger partial charge on any atom is 0.324 e. The van der Waals surface area contributed by atoms with Crippen LogP contribution in [0.15, 0.2) is 41.9 Å². The van der Waals surface area contributed by atoms with Crippen molar-refractivity contribution < 1.29 is 28.7 Å². The molecular formula is C48H75N9O6S6. The highest BCUT2D eigenvalue weighted by atomic mass is 32.1. The van der Waals surface area contributed by atoms with Crippen molar-refractivity contribution in [2.45, 2.75) is 123 Å². The fourth-order valence-corrected chi connectivity index (χ4v) is 11.1. The van der Waals surface area contributed by atoms with Crippen molar-refractivity contribution in [2.24, 2.45) is 11.3 Å². The third-order valence-electron chi connectivity index (χ3n) is 13.8. The minimum absolute atomic E-state index is 0. The molecule has 4 aliphatic rings. The number of hydrazine groups is 1. The van der Waals surface area contributed by atoms with Crippen LogP contribution in [-0.2, 0) is 43.2 Å². The van der Waals surface area contributed by atoms with Gasteiger partial charge in [-0.15, -0.1) is 11.3 Å². The molecule has 6 bridgehead atoms. The average Bonchev–Trinajstić information content (AvgIpc) is 3.88. The number of aryl methyl sites for hydroxylation is 1. The number of ether oxygens (including phenoxy) is 2. The fourth-order valence-electron chi connectivity index (χ4n) is 10.3. The molecule has 3 aromatic heterocycles. The van der Waals surface area contributed by atoms with Crippen molar-refractivity contribution in [1.29, 1.82) is 0 Å². The zero-order valence-electron chi connectivity index (χ0n) is 41.2. The number of rotatable bonds is 8.